The average molecular weight is 291 g/mol. The van der Waals surface area contributed by atoms with Crippen molar-refractivity contribution in [3.8, 4) is 0 Å². The summed E-state index contributed by atoms with van der Waals surface area (Å²) >= 11 is 1.13. The molecule has 1 aromatic heterocycles. The SMILES string of the molecule is CC(C)(C)N(CCC(=O)O)S(=O)(=O)c1cccs1. The van der Waals surface area contributed by atoms with Crippen LogP contribution in [-0.2, 0) is 14.8 Å². The second kappa shape index (κ2) is 5.38. The Kier molecular flexibility index (Phi) is 4.52. The molecule has 0 atom stereocenters. The molecular formula is C11H17NO4S2. The predicted octanol–water partition coefficient (Wildman–Crippen LogP) is 2.01. The highest BCUT2D eigenvalue weighted by Crippen LogP contribution is 2.27. The maximum Gasteiger partial charge on any atom is 0.304 e. The van der Waals surface area contributed by atoms with Gasteiger partial charge in [-0.2, -0.15) is 4.31 Å². The van der Waals surface area contributed by atoms with E-state index >= 15 is 0 Å². The van der Waals surface area contributed by atoms with E-state index in [9.17, 15) is 13.2 Å². The van der Waals surface area contributed by atoms with Crippen LogP contribution < -0.4 is 0 Å². The molecule has 0 aliphatic rings. The van der Waals surface area contributed by atoms with Gasteiger partial charge in [0.15, 0.2) is 0 Å². The third-order valence-corrected chi connectivity index (χ3v) is 5.85. The number of carbonyl (C=O) groups is 1. The predicted molar refractivity (Wildman–Crippen MR) is 70.2 cm³/mol. The molecule has 0 spiro atoms. The fourth-order valence-corrected chi connectivity index (χ4v) is 4.42. The largest absolute Gasteiger partial charge is 0.481 e. The van der Waals surface area contributed by atoms with Gasteiger partial charge in [0.05, 0.1) is 6.42 Å². The monoisotopic (exact) mass is 291 g/mol. The summed E-state index contributed by atoms with van der Waals surface area (Å²) in [6, 6.07) is 3.19. The fourth-order valence-electron chi connectivity index (χ4n) is 1.53. The van der Waals surface area contributed by atoms with Gasteiger partial charge in [0.1, 0.15) is 4.21 Å². The van der Waals surface area contributed by atoms with E-state index in [4.69, 9.17) is 5.11 Å². The summed E-state index contributed by atoms with van der Waals surface area (Å²) in [6.45, 7) is 5.22. The van der Waals surface area contributed by atoms with Gasteiger partial charge in [-0.15, -0.1) is 11.3 Å². The van der Waals surface area contributed by atoms with Gasteiger partial charge in [0.2, 0.25) is 0 Å². The average Bonchev–Trinajstić information content (AvgIpc) is 2.67. The normalized spacial score (nSPS) is 12.9. The topological polar surface area (TPSA) is 74.7 Å². The molecule has 1 aromatic rings. The molecule has 1 heterocycles. The van der Waals surface area contributed by atoms with E-state index in [2.05, 4.69) is 0 Å². The molecule has 0 saturated carbocycles. The maximum atomic E-state index is 12.4. The molecule has 5 nitrogen and oxygen atoms in total. The molecule has 0 unspecified atom stereocenters. The van der Waals surface area contributed by atoms with Crippen LogP contribution in [0.2, 0.25) is 0 Å². The summed E-state index contributed by atoms with van der Waals surface area (Å²) in [6.07, 6.45) is -0.206. The van der Waals surface area contributed by atoms with Crippen LogP contribution in [0, 0.1) is 0 Å². The first-order chi connectivity index (χ1) is 8.15. The number of nitrogens with zero attached hydrogens (tertiary/aromatic N) is 1. The van der Waals surface area contributed by atoms with Gasteiger partial charge in [-0.3, -0.25) is 4.79 Å². The molecule has 0 aliphatic heterocycles. The van der Waals surface area contributed by atoms with Gasteiger partial charge in [0, 0.05) is 12.1 Å². The van der Waals surface area contributed by atoms with Crippen molar-refractivity contribution in [3.05, 3.63) is 17.5 Å². The van der Waals surface area contributed by atoms with Crippen LogP contribution in [0.3, 0.4) is 0 Å². The van der Waals surface area contributed by atoms with Crippen molar-refractivity contribution in [1.82, 2.24) is 4.31 Å². The van der Waals surface area contributed by atoms with Crippen molar-refractivity contribution in [2.45, 2.75) is 36.9 Å². The van der Waals surface area contributed by atoms with E-state index in [0.29, 0.717) is 0 Å². The van der Waals surface area contributed by atoms with Crippen molar-refractivity contribution in [3.63, 3.8) is 0 Å². The number of rotatable bonds is 5. The van der Waals surface area contributed by atoms with Gasteiger partial charge < -0.3 is 5.11 Å². The first-order valence-electron chi connectivity index (χ1n) is 5.44. The lowest BCUT2D eigenvalue weighted by atomic mass is 10.1. The molecule has 7 heteroatoms. The van der Waals surface area contributed by atoms with Gasteiger partial charge in [-0.1, -0.05) is 6.07 Å². The molecule has 0 bridgehead atoms. The molecule has 0 amide bonds. The minimum absolute atomic E-state index is 0.0287. The van der Waals surface area contributed by atoms with E-state index < -0.39 is 21.5 Å². The number of hydrogen-bond acceptors (Lipinski definition) is 4. The molecule has 0 saturated heterocycles. The second-order valence-electron chi connectivity index (χ2n) is 4.82. The van der Waals surface area contributed by atoms with Crippen LogP contribution in [0.5, 0.6) is 0 Å². The van der Waals surface area contributed by atoms with E-state index in [0.717, 1.165) is 11.3 Å². The summed E-state index contributed by atoms with van der Waals surface area (Å²) in [4.78, 5) is 10.6. The summed E-state index contributed by atoms with van der Waals surface area (Å²) < 4.78 is 26.3. The van der Waals surface area contributed by atoms with Gasteiger partial charge in [-0.05, 0) is 32.2 Å². The standard InChI is InChI=1S/C11H17NO4S2/c1-11(2,3)12(7-6-9(13)14)18(15,16)10-5-4-8-17-10/h4-5,8H,6-7H2,1-3H3,(H,13,14). The van der Waals surface area contributed by atoms with Gasteiger partial charge in [0.25, 0.3) is 10.0 Å². The Morgan fingerprint density at radius 1 is 1.44 bits per heavy atom. The highest BCUT2D eigenvalue weighted by atomic mass is 32.2. The number of aliphatic carboxylic acids is 1. The van der Waals surface area contributed by atoms with E-state index in [1.165, 1.54) is 10.4 Å². The summed E-state index contributed by atoms with van der Waals surface area (Å²) in [5.74, 6) is -1.01. The zero-order chi connectivity index (χ0) is 14.0. The molecule has 0 fully saturated rings. The van der Waals surface area contributed by atoms with Crippen molar-refractivity contribution in [2.24, 2.45) is 0 Å². The van der Waals surface area contributed by atoms with Gasteiger partial charge in [-0.25, -0.2) is 8.42 Å². The molecule has 1 N–H and O–H groups in total. The second-order valence-corrected chi connectivity index (χ2v) is 7.86. The fraction of sp³-hybridized carbons (Fsp3) is 0.545. The number of carboxylic acids is 1. The van der Waals surface area contributed by atoms with Crippen LogP contribution in [-0.4, -0.2) is 35.9 Å². The molecule has 1 rings (SSSR count). The summed E-state index contributed by atoms with van der Waals surface area (Å²) in [5.41, 5.74) is -0.654. The smallest absolute Gasteiger partial charge is 0.304 e. The van der Waals surface area contributed by atoms with Crippen LogP contribution in [0.1, 0.15) is 27.2 Å². The Balaban J connectivity index is 3.08. The van der Waals surface area contributed by atoms with Crippen LogP contribution >= 0.6 is 11.3 Å². The van der Waals surface area contributed by atoms with Crippen molar-refractivity contribution >= 4 is 27.3 Å². The third-order valence-electron chi connectivity index (χ3n) is 2.32. The van der Waals surface area contributed by atoms with E-state index in [1.807, 2.05) is 0 Å². The molecule has 0 aromatic carbocycles. The summed E-state index contributed by atoms with van der Waals surface area (Å²) in [5, 5.41) is 10.4. The quantitative estimate of drug-likeness (QED) is 0.900. The lowest BCUT2D eigenvalue weighted by molar-refractivity contribution is -0.137. The van der Waals surface area contributed by atoms with Crippen molar-refractivity contribution < 1.29 is 18.3 Å². The number of hydrogen-bond donors (Lipinski definition) is 1. The van der Waals surface area contributed by atoms with E-state index in [1.54, 1.807) is 32.2 Å². The first-order valence-corrected chi connectivity index (χ1v) is 7.76. The van der Waals surface area contributed by atoms with E-state index in [-0.39, 0.29) is 17.2 Å². The Labute approximate surface area is 111 Å². The maximum absolute atomic E-state index is 12.4. The number of thiophene rings is 1. The van der Waals surface area contributed by atoms with Crippen LogP contribution in [0.15, 0.2) is 21.7 Å². The Morgan fingerprint density at radius 2 is 2.06 bits per heavy atom. The summed E-state index contributed by atoms with van der Waals surface area (Å²) in [7, 11) is -3.62. The zero-order valence-electron chi connectivity index (χ0n) is 10.6. The first kappa shape index (κ1) is 15.1. The lowest BCUT2D eigenvalue weighted by Crippen LogP contribution is -2.46. The van der Waals surface area contributed by atoms with Crippen molar-refractivity contribution in [2.75, 3.05) is 6.54 Å². The zero-order valence-corrected chi connectivity index (χ0v) is 12.2. The molecule has 0 radical (unpaired) electrons. The van der Waals surface area contributed by atoms with Crippen LogP contribution in [0.4, 0.5) is 0 Å². The minimum atomic E-state index is -3.62. The molecule has 18 heavy (non-hydrogen) atoms. The number of sulfonamides is 1. The molecule has 0 aliphatic carbocycles. The highest BCUT2D eigenvalue weighted by molar-refractivity contribution is 7.91. The third kappa shape index (κ3) is 3.54. The van der Waals surface area contributed by atoms with Gasteiger partial charge >= 0.3 is 5.97 Å². The highest BCUT2D eigenvalue weighted by Gasteiger charge is 2.34. The molecule has 102 valence electrons. The Morgan fingerprint density at radius 3 is 2.44 bits per heavy atom. The molecular weight excluding hydrogens is 274 g/mol. The van der Waals surface area contributed by atoms with Crippen LogP contribution in [0.25, 0.3) is 0 Å². The minimum Gasteiger partial charge on any atom is -0.481 e. The van der Waals surface area contributed by atoms with Crippen molar-refractivity contribution in [1.29, 1.82) is 0 Å². The number of carboxylic acid groups (broad SMARTS) is 1. The lowest BCUT2D eigenvalue weighted by Gasteiger charge is -2.33. The Hall–Kier alpha value is -0.920. The Bertz CT molecular complexity index is 500.